The van der Waals surface area contributed by atoms with E-state index < -0.39 is 12.0 Å². The van der Waals surface area contributed by atoms with Gasteiger partial charge in [-0.1, -0.05) is 37.3 Å². The van der Waals surface area contributed by atoms with E-state index in [0.717, 1.165) is 12.1 Å². The van der Waals surface area contributed by atoms with Crippen molar-refractivity contribution in [2.75, 3.05) is 13.1 Å². The first kappa shape index (κ1) is 16.2. The van der Waals surface area contributed by atoms with Crippen molar-refractivity contribution in [1.82, 2.24) is 10.6 Å². The summed E-state index contributed by atoms with van der Waals surface area (Å²) in [6, 6.07) is 8.82. The van der Waals surface area contributed by atoms with E-state index in [2.05, 4.69) is 10.6 Å². The Balaban J connectivity index is 2.40. The number of rotatable bonds is 9. The fourth-order valence-electron chi connectivity index (χ4n) is 1.86. The third-order valence-corrected chi connectivity index (χ3v) is 2.98. The lowest BCUT2D eigenvalue weighted by molar-refractivity contribution is -0.142. The first-order valence-corrected chi connectivity index (χ1v) is 6.90. The molecule has 5 heteroatoms. The summed E-state index contributed by atoms with van der Waals surface area (Å²) in [5.41, 5.74) is 1.07. The number of hydrogen-bond acceptors (Lipinski definition) is 3. The van der Waals surface area contributed by atoms with Crippen molar-refractivity contribution in [1.29, 1.82) is 0 Å². The van der Waals surface area contributed by atoms with Gasteiger partial charge in [-0.2, -0.15) is 0 Å². The van der Waals surface area contributed by atoms with Crippen LogP contribution in [-0.4, -0.2) is 36.1 Å². The molecule has 0 heterocycles. The van der Waals surface area contributed by atoms with Gasteiger partial charge in [-0.15, -0.1) is 0 Å². The van der Waals surface area contributed by atoms with Crippen LogP contribution in [0, 0.1) is 0 Å². The monoisotopic (exact) mass is 278 g/mol. The summed E-state index contributed by atoms with van der Waals surface area (Å²) in [7, 11) is 0. The van der Waals surface area contributed by atoms with E-state index >= 15 is 0 Å². The van der Waals surface area contributed by atoms with Gasteiger partial charge in [0.25, 0.3) is 0 Å². The van der Waals surface area contributed by atoms with Crippen LogP contribution in [0.1, 0.15) is 25.3 Å². The highest BCUT2D eigenvalue weighted by atomic mass is 16.4. The molecule has 0 radical (unpaired) electrons. The van der Waals surface area contributed by atoms with E-state index in [9.17, 15) is 9.59 Å². The maximum absolute atomic E-state index is 11.6. The number of carbonyl (C=O) groups excluding carboxylic acids is 1. The van der Waals surface area contributed by atoms with E-state index in [0.29, 0.717) is 25.8 Å². The summed E-state index contributed by atoms with van der Waals surface area (Å²) in [5, 5.41) is 14.7. The maximum Gasteiger partial charge on any atom is 0.326 e. The number of carboxylic acid groups (broad SMARTS) is 1. The lowest BCUT2D eigenvalue weighted by Crippen LogP contribution is -2.42. The molecule has 1 aromatic rings. The smallest absolute Gasteiger partial charge is 0.326 e. The Morgan fingerprint density at radius 3 is 2.55 bits per heavy atom. The lowest BCUT2D eigenvalue weighted by Gasteiger charge is -2.14. The average molecular weight is 278 g/mol. The standard InChI is InChI=1S/C15H22N2O3/c1-2-16-11-10-14(18)17-13(15(19)20)9-8-12-6-4-3-5-7-12/h3-7,13,16H,2,8-11H2,1H3,(H,17,18)(H,19,20). The molecule has 0 aliphatic carbocycles. The van der Waals surface area contributed by atoms with E-state index in [-0.39, 0.29) is 5.91 Å². The molecule has 0 spiro atoms. The third kappa shape index (κ3) is 6.33. The van der Waals surface area contributed by atoms with Crippen molar-refractivity contribution >= 4 is 11.9 Å². The van der Waals surface area contributed by atoms with Crippen molar-refractivity contribution in [2.45, 2.75) is 32.2 Å². The summed E-state index contributed by atoms with van der Waals surface area (Å²) >= 11 is 0. The molecule has 0 fully saturated rings. The van der Waals surface area contributed by atoms with E-state index in [1.165, 1.54) is 0 Å². The molecule has 110 valence electrons. The number of hydrogen-bond donors (Lipinski definition) is 3. The minimum atomic E-state index is -0.988. The van der Waals surface area contributed by atoms with Gasteiger partial charge in [0.05, 0.1) is 0 Å². The molecule has 1 unspecified atom stereocenters. The second kappa shape index (κ2) is 9.09. The molecule has 0 saturated carbocycles. The predicted octanol–water partition coefficient (Wildman–Crippen LogP) is 1.19. The van der Waals surface area contributed by atoms with Crippen LogP contribution >= 0.6 is 0 Å². The van der Waals surface area contributed by atoms with Crippen molar-refractivity contribution < 1.29 is 14.7 Å². The average Bonchev–Trinajstić information content (AvgIpc) is 2.44. The summed E-state index contributed by atoms with van der Waals surface area (Å²) in [6.45, 7) is 3.31. The molecule has 0 saturated heterocycles. The van der Waals surface area contributed by atoms with Crippen LogP contribution in [0.5, 0.6) is 0 Å². The number of aliphatic carboxylic acids is 1. The Labute approximate surface area is 119 Å². The molecule has 0 aliphatic heterocycles. The number of aryl methyl sites for hydroxylation is 1. The van der Waals surface area contributed by atoms with Crippen molar-refractivity contribution in [3.05, 3.63) is 35.9 Å². The molecule has 3 N–H and O–H groups in total. The predicted molar refractivity (Wildman–Crippen MR) is 77.5 cm³/mol. The van der Waals surface area contributed by atoms with Crippen LogP contribution in [0.3, 0.4) is 0 Å². The topological polar surface area (TPSA) is 78.4 Å². The van der Waals surface area contributed by atoms with Gasteiger partial charge in [-0.05, 0) is 24.9 Å². The maximum atomic E-state index is 11.6. The number of nitrogens with one attached hydrogen (secondary N) is 2. The van der Waals surface area contributed by atoms with Gasteiger partial charge >= 0.3 is 5.97 Å². The van der Waals surface area contributed by atoms with Gasteiger partial charge in [-0.25, -0.2) is 4.79 Å². The molecule has 20 heavy (non-hydrogen) atoms. The van der Waals surface area contributed by atoms with E-state index in [1.54, 1.807) is 0 Å². The highest BCUT2D eigenvalue weighted by molar-refractivity contribution is 5.83. The van der Waals surface area contributed by atoms with Gasteiger partial charge in [-0.3, -0.25) is 4.79 Å². The SMILES string of the molecule is CCNCCC(=O)NC(CCc1ccccc1)C(=O)O. The minimum absolute atomic E-state index is 0.230. The first-order valence-electron chi connectivity index (χ1n) is 6.90. The molecule has 0 bridgehead atoms. The zero-order chi connectivity index (χ0) is 14.8. The first-order chi connectivity index (χ1) is 9.63. The Bertz CT molecular complexity index is 420. The van der Waals surface area contributed by atoms with Gasteiger partial charge in [0, 0.05) is 13.0 Å². The number of carbonyl (C=O) groups is 2. The largest absolute Gasteiger partial charge is 0.480 e. The lowest BCUT2D eigenvalue weighted by atomic mass is 10.1. The van der Waals surface area contributed by atoms with Crippen molar-refractivity contribution in [3.8, 4) is 0 Å². The molecule has 1 rings (SSSR count). The quantitative estimate of drug-likeness (QED) is 0.593. The number of amides is 1. The van der Waals surface area contributed by atoms with Gasteiger partial charge in [0.1, 0.15) is 6.04 Å². The van der Waals surface area contributed by atoms with Crippen LogP contribution in [-0.2, 0) is 16.0 Å². The molecular formula is C15H22N2O3. The molecule has 1 amide bonds. The van der Waals surface area contributed by atoms with Crippen molar-refractivity contribution in [2.24, 2.45) is 0 Å². The second-order valence-corrected chi connectivity index (χ2v) is 4.59. The van der Waals surface area contributed by atoms with E-state index in [4.69, 9.17) is 5.11 Å². The summed E-state index contributed by atoms with van der Waals surface area (Å²) in [5.74, 6) is -1.22. The van der Waals surface area contributed by atoms with Crippen molar-refractivity contribution in [3.63, 3.8) is 0 Å². The molecule has 1 aromatic carbocycles. The Kier molecular flexibility index (Phi) is 7.35. The summed E-state index contributed by atoms with van der Waals surface area (Å²) in [4.78, 5) is 22.8. The fourth-order valence-corrected chi connectivity index (χ4v) is 1.86. The van der Waals surface area contributed by atoms with Gasteiger partial charge in [0.2, 0.25) is 5.91 Å². The summed E-state index contributed by atoms with van der Waals surface area (Å²) < 4.78 is 0. The second-order valence-electron chi connectivity index (χ2n) is 4.59. The molecule has 0 aromatic heterocycles. The number of benzene rings is 1. The highest BCUT2D eigenvalue weighted by Gasteiger charge is 2.19. The van der Waals surface area contributed by atoms with Gasteiger partial charge in [0.15, 0.2) is 0 Å². The number of carboxylic acids is 1. The molecule has 1 atom stereocenters. The zero-order valence-corrected chi connectivity index (χ0v) is 11.8. The molecular weight excluding hydrogens is 256 g/mol. The molecule has 0 aliphatic rings. The Hall–Kier alpha value is -1.88. The normalized spacial score (nSPS) is 11.8. The summed E-state index contributed by atoms with van der Waals surface area (Å²) in [6.07, 6.45) is 1.32. The Morgan fingerprint density at radius 2 is 1.95 bits per heavy atom. The van der Waals surface area contributed by atoms with Crippen LogP contribution in [0.15, 0.2) is 30.3 Å². The highest BCUT2D eigenvalue weighted by Crippen LogP contribution is 2.05. The van der Waals surface area contributed by atoms with E-state index in [1.807, 2.05) is 37.3 Å². The molecule has 5 nitrogen and oxygen atoms in total. The van der Waals surface area contributed by atoms with Crippen LogP contribution in [0.2, 0.25) is 0 Å². The van der Waals surface area contributed by atoms with Crippen LogP contribution in [0.4, 0.5) is 0 Å². The van der Waals surface area contributed by atoms with Gasteiger partial charge < -0.3 is 15.7 Å². The zero-order valence-electron chi connectivity index (χ0n) is 11.8. The third-order valence-electron chi connectivity index (χ3n) is 2.98. The van der Waals surface area contributed by atoms with Crippen LogP contribution < -0.4 is 10.6 Å². The minimum Gasteiger partial charge on any atom is -0.480 e. The Morgan fingerprint density at radius 1 is 1.25 bits per heavy atom. The van der Waals surface area contributed by atoms with Crippen LogP contribution in [0.25, 0.3) is 0 Å². The fraction of sp³-hybridized carbons (Fsp3) is 0.467.